The number of nitrogens with two attached hydrogens (primary N) is 1. The molecule has 3 nitrogen and oxygen atoms in total. The molecule has 0 amide bonds. The first-order valence-electron chi connectivity index (χ1n) is 3.74. The van der Waals surface area contributed by atoms with Crippen LogP contribution < -0.4 is 5.73 Å². The summed E-state index contributed by atoms with van der Waals surface area (Å²) in [5.41, 5.74) is 6.06. The predicted molar refractivity (Wildman–Crippen MR) is 46.5 cm³/mol. The first-order valence-corrected chi connectivity index (χ1v) is 3.74. The van der Waals surface area contributed by atoms with Gasteiger partial charge in [-0.1, -0.05) is 6.92 Å². The number of Topliss-reactive ketones (excluding diaryl/α,β-unsaturated/α-hetero) is 1. The first-order chi connectivity index (χ1) is 5.75. The van der Waals surface area contributed by atoms with E-state index in [-0.39, 0.29) is 5.78 Å². The molecule has 0 fully saturated rings. The third-order valence-electron chi connectivity index (χ3n) is 1.59. The van der Waals surface area contributed by atoms with E-state index in [0.717, 1.165) is 0 Å². The lowest BCUT2D eigenvalue weighted by molar-refractivity contribution is 0.0961. The summed E-state index contributed by atoms with van der Waals surface area (Å²) in [7, 11) is 0. The van der Waals surface area contributed by atoms with Crippen LogP contribution >= 0.6 is 0 Å². The molecule has 63 valence electrons. The van der Waals surface area contributed by atoms with Crippen molar-refractivity contribution >= 4 is 5.78 Å². The Kier molecular flexibility index (Phi) is 2.94. The summed E-state index contributed by atoms with van der Waals surface area (Å²) in [6.07, 6.45) is 3.54. The molecule has 1 heterocycles. The Morgan fingerprint density at radius 1 is 1.75 bits per heavy atom. The van der Waals surface area contributed by atoms with Crippen LogP contribution in [0.2, 0.25) is 0 Å². The van der Waals surface area contributed by atoms with Gasteiger partial charge in [-0.2, -0.15) is 0 Å². The maximum atomic E-state index is 11.4. The van der Waals surface area contributed by atoms with E-state index in [1.54, 1.807) is 18.3 Å². The van der Waals surface area contributed by atoms with E-state index in [4.69, 9.17) is 5.73 Å². The van der Waals surface area contributed by atoms with Crippen molar-refractivity contribution in [1.82, 2.24) is 4.98 Å². The molecule has 0 aromatic carbocycles. The van der Waals surface area contributed by atoms with Gasteiger partial charge in [0.25, 0.3) is 0 Å². The van der Waals surface area contributed by atoms with Crippen LogP contribution in [-0.4, -0.2) is 16.8 Å². The maximum absolute atomic E-state index is 11.4. The second kappa shape index (κ2) is 3.97. The van der Waals surface area contributed by atoms with Crippen molar-refractivity contribution in [2.45, 2.75) is 12.5 Å². The normalized spacial score (nSPS) is 12.5. The second-order valence-electron chi connectivity index (χ2n) is 2.50. The van der Waals surface area contributed by atoms with Gasteiger partial charge in [0.05, 0.1) is 6.04 Å². The van der Waals surface area contributed by atoms with Crippen molar-refractivity contribution < 1.29 is 4.79 Å². The number of hydrogen-bond acceptors (Lipinski definition) is 3. The van der Waals surface area contributed by atoms with Crippen molar-refractivity contribution in [3.63, 3.8) is 0 Å². The second-order valence-corrected chi connectivity index (χ2v) is 2.50. The predicted octanol–water partition coefficient (Wildman–Crippen LogP) is 0.816. The van der Waals surface area contributed by atoms with Gasteiger partial charge in [-0.15, -0.1) is 0 Å². The highest BCUT2D eigenvalue weighted by atomic mass is 16.1. The molecule has 3 heteroatoms. The van der Waals surface area contributed by atoms with Crippen molar-refractivity contribution in [3.8, 4) is 0 Å². The van der Waals surface area contributed by atoms with Gasteiger partial charge in [-0.3, -0.25) is 9.78 Å². The number of carbonyl (C=O) groups excluding carboxylic acids is 1. The average molecular weight is 163 g/mol. The van der Waals surface area contributed by atoms with E-state index in [1.165, 1.54) is 6.20 Å². The van der Waals surface area contributed by atoms with Crippen LogP contribution in [0.3, 0.4) is 0 Å². The smallest absolute Gasteiger partial charge is 0.181 e. The highest BCUT2D eigenvalue weighted by molar-refractivity contribution is 5.99. The third kappa shape index (κ3) is 1.89. The summed E-state index contributed by atoms with van der Waals surface area (Å²) in [6, 6.07) is 2.91. The van der Waals surface area contributed by atoms with Gasteiger partial charge >= 0.3 is 0 Å². The number of ketones is 1. The lowest BCUT2D eigenvalue weighted by Crippen LogP contribution is -2.29. The molecule has 0 spiro atoms. The molecule has 0 bridgehead atoms. The van der Waals surface area contributed by atoms with Crippen LogP contribution in [0.5, 0.6) is 0 Å². The minimum atomic E-state index is -0.505. The zero-order valence-electron chi connectivity index (χ0n) is 6.73. The zero-order chi connectivity index (χ0) is 8.97. The minimum Gasteiger partial charge on any atom is -0.321 e. The number of hydrogen-bond donors (Lipinski definition) is 1. The van der Waals surface area contributed by atoms with Gasteiger partial charge in [0.1, 0.15) is 0 Å². The fourth-order valence-corrected chi connectivity index (χ4v) is 0.854. The fraction of sp³-hybridized carbons (Fsp3) is 0.222. The number of carbonyl (C=O) groups is 1. The van der Waals surface area contributed by atoms with Gasteiger partial charge in [0.15, 0.2) is 5.78 Å². The number of pyridine rings is 1. The third-order valence-corrected chi connectivity index (χ3v) is 1.59. The SMILES string of the molecule is [CH2]CC(N)C(=O)c1cccnc1. The van der Waals surface area contributed by atoms with Crippen molar-refractivity contribution in [2.24, 2.45) is 5.73 Å². The van der Waals surface area contributed by atoms with E-state index in [1.807, 2.05) is 0 Å². The lowest BCUT2D eigenvalue weighted by Gasteiger charge is -2.05. The van der Waals surface area contributed by atoms with Gasteiger partial charge in [-0.25, -0.2) is 0 Å². The minimum absolute atomic E-state index is 0.0990. The maximum Gasteiger partial charge on any atom is 0.181 e. The summed E-state index contributed by atoms with van der Waals surface area (Å²) >= 11 is 0. The van der Waals surface area contributed by atoms with Crippen LogP contribution in [0.25, 0.3) is 0 Å². The fourth-order valence-electron chi connectivity index (χ4n) is 0.854. The molecule has 1 radical (unpaired) electrons. The Morgan fingerprint density at radius 3 is 3.00 bits per heavy atom. The molecule has 12 heavy (non-hydrogen) atoms. The van der Waals surface area contributed by atoms with Crippen LogP contribution in [0.4, 0.5) is 0 Å². The van der Waals surface area contributed by atoms with Crippen LogP contribution in [-0.2, 0) is 0 Å². The molecular weight excluding hydrogens is 152 g/mol. The van der Waals surface area contributed by atoms with Crippen LogP contribution in [0.15, 0.2) is 24.5 Å². The average Bonchev–Trinajstić information content (AvgIpc) is 2.17. The molecule has 1 aromatic rings. The Hall–Kier alpha value is -1.22. The summed E-state index contributed by atoms with van der Waals surface area (Å²) in [4.78, 5) is 15.2. The molecule has 0 aliphatic heterocycles. The topological polar surface area (TPSA) is 56.0 Å². The number of rotatable bonds is 3. The highest BCUT2D eigenvalue weighted by Gasteiger charge is 2.12. The van der Waals surface area contributed by atoms with Crippen LogP contribution in [0.1, 0.15) is 16.8 Å². The van der Waals surface area contributed by atoms with Gasteiger partial charge in [0.2, 0.25) is 0 Å². The number of nitrogens with zero attached hydrogens (tertiary/aromatic N) is 1. The molecule has 1 rings (SSSR count). The molecule has 1 atom stereocenters. The first kappa shape index (κ1) is 8.87. The quantitative estimate of drug-likeness (QED) is 0.671. The monoisotopic (exact) mass is 163 g/mol. The van der Waals surface area contributed by atoms with E-state index in [2.05, 4.69) is 11.9 Å². The summed E-state index contributed by atoms with van der Waals surface area (Å²) in [5.74, 6) is -0.0990. The highest BCUT2D eigenvalue weighted by Crippen LogP contribution is 2.01. The molecule has 2 N–H and O–H groups in total. The molecule has 0 saturated carbocycles. The number of aromatic nitrogens is 1. The lowest BCUT2D eigenvalue weighted by atomic mass is 10.1. The van der Waals surface area contributed by atoms with Crippen LogP contribution in [0, 0.1) is 6.92 Å². The molecule has 1 aromatic heterocycles. The molecule has 1 unspecified atom stereocenters. The summed E-state index contributed by atoms with van der Waals surface area (Å²) in [6.45, 7) is 3.57. The van der Waals surface area contributed by atoms with E-state index in [0.29, 0.717) is 12.0 Å². The summed E-state index contributed by atoms with van der Waals surface area (Å²) < 4.78 is 0. The molecule has 0 aliphatic carbocycles. The zero-order valence-corrected chi connectivity index (χ0v) is 6.73. The standard InChI is InChI=1S/C9H11N2O/c1-2-8(10)9(12)7-4-3-5-11-6-7/h3-6,8H,1-2,10H2. The molecule has 0 aliphatic rings. The van der Waals surface area contributed by atoms with E-state index < -0.39 is 6.04 Å². The Balaban J connectivity index is 2.79. The largest absolute Gasteiger partial charge is 0.321 e. The van der Waals surface area contributed by atoms with Gasteiger partial charge in [-0.05, 0) is 18.6 Å². The van der Waals surface area contributed by atoms with Gasteiger partial charge < -0.3 is 5.73 Å². The molecular formula is C9H11N2O. The van der Waals surface area contributed by atoms with Crippen molar-refractivity contribution in [1.29, 1.82) is 0 Å². The van der Waals surface area contributed by atoms with E-state index in [9.17, 15) is 4.79 Å². The Bertz CT molecular complexity index is 258. The van der Waals surface area contributed by atoms with Gasteiger partial charge in [0, 0.05) is 18.0 Å². The van der Waals surface area contributed by atoms with E-state index >= 15 is 0 Å². The molecule has 0 saturated heterocycles. The summed E-state index contributed by atoms with van der Waals surface area (Å²) in [5, 5.41) is 0. The Labute approximate surface area is 71.6 Å². The van der Waals surface area contributed by atoms with Crippen molar-refractivity contribution in [2.75, 3.05) is 0 Å². The Morgan fingerprint density at radius 2 is 2.50 bits per heavy atom. The van der Waals surface area contributed by atoms with Crippen molar-refractivity contribution in [3.05, 3.63) is 37.0 Å².